The predicted octanol–water partition coefficient (Wildman–Crippen LogP) is 3.06. The molecule has 0 atom stereocenters. The third-order valence-corrected chi connectivity index (χ3v) is 4.01. The smallest absolute Gasteiger partial charge is 0.240 e. The average Bonchev–Trinajstić information content (AvgIpc) is 2.60. The first kappa shape index (κ1) is 18.8. The third-order valence-electron chi connectivity index (χ3n) is 3.70. The van der Waals surface area contributed by atoms with Crippen molar-refractivity contribution in [2.75, 3.05) is 25.1 Å². The van der Waals surface area contributed by atoms with Crippen molar-refractivity contribution in [2.45, 2.75) is 13.3 Å². The molecule has 0 fully saturated rings. The molecule has 0 radical (unpaired) electrons. The van der Waals surface area contributed by atoms with Gasteiger partial charge in [-0.2, -0.15) is 0 Å². The monoisotopic (exact) mass is 360 g/mol. The van der Waals surface area contributed by atoms with Gasteiger partial charge in [0.25, 0.3) is 0 Å². The van der Waals surface area contributed by atoms with Crippen LogP contribution in [0.15, 0.2) is 48.5 Å². The van der Waals surface area contributed by atoms with E-state index in [9.17, 15) is 9.59 Å². The lowest BCUT2D eigenvalue weighted by Gasteiger charge is -2.21. The number of nitrogens with one attached hydrogen (secondary N) is 1. The van der Waals surface area contributed by atoms with Crippen molar-refractivity contribution in [1.29, 1.82) is 0 Å². The van der Waals surface area contributed by atoms with Crippen molar-refractivity contribution in [1.82, 2.24) is 5.32 Å². The van der Waals surface area contributed by atoms with Crippen molar-refractivity contribution in [3.8, 4) is 5.75 Å². The summed E-state index contributed by atoms with van der Waals surface area (Å²) in [5, 5.41) is 3.26. The zero-order chi connectivity index (χ0) is 18.2. The summed E-state index contributed by atoms with van der Waals surface area (Å²) in [6.07, 6.45) is 0.676. The summed E-state index contributed by atoms with van der Waals surface area (Å²) in [5.41, 5.74) is 1.59. The van der Waals surface area contributed by atoms with E-state index in [1.54, 1.807) is 31.4 Å². The number of benzene rings is 2. The van der Waals surface area contributed by atoms with E-state index in [1.165, 1.54) is 11.8 Å². The summed E-state index contributed by atoms with van der Waals surface area (Å²) in [6, 6.07) is 14.6. The molecule has 0 spiro atoms. The Balaban J connectivity index is 1.91. The zero-order valence-electron chi connectivity index (χ0n) is 14.3. The molecule has 132 valence electrons. The molecule has 2 rings (SSSR count). The summed E-state index contributed by atoms with van der Waals surface area (Å²) in [6.45, 7) is 1.81. The van der Waals surface area contributed by atoms with Crippen LogP contribution >= 0.6 is 11.6 Å². The van der Waals surface area contributed by atoms with E-state index in [0.29, 0.717) is 23.7 Å². The number of amides is 2. The van der Waals surface area contributed by atoms with Gasteiger partial charge >= 0.3 is 0 Å². The minimum Gasteiger partial charge on any atom is -0.497 e. The molecule has 25 heavy (non-hydrogen) atoms. The average molecular weight is 361 g/mol. The summed E-state index contributed by atoms with van der Waals surface area (Å²) in [5.74, 6) is 0.305. The molecule has 0 aromatic heterocycles. The predicted molar refractivity (Wildman–Crippen MR) is 99.2 cm³/mol. The number of anilines is 1. The Labute approximate surface area is 152 Å². The molecular formula is C19H21ClN2O3. The summed E-state index contributed by atoms with van der Waals surface area (Å²) in [7, 11) is 1.62. The van der Waals surface area contributed by atoms with Crippen LogP contribution in [0.1, 0.15) is 12.5 Å². The van der Waals surface area contributed by atoms with Gasteiger partial charge in [0.15, 0.2) is 0 Å². The van der Waals surface area contributed by atoms with Crippen LogP contribution in [0.25, 0.3) is 0 Å². The molecule has 0 aliphatic heterocycles. The highest BCUT2D eigenvalue weighted by Gasteiger charge is 2.17. The van der Waals surface area contributed by atoms with Crippen LogP contribution in [0.5, 0.6) is 5.75 Å². The highest BCUT2D eigenvalue weighted by molar-refractivity contribution is 6.33. The van der Waals surface area contributed by atoms with Crippen LogP contribution in [0.3, 0.4) is 0 Å². The third kappa shape index (κ3) is 5.50. The van der Waals surface area contributed by atoms with E-state index in [4.69, 9.17) is 16.3 Å². The first-order valence-electron chi connectivity index (χ1n) is 7.93. The van der Waals surface area contributed by atoms with Gasteiger partial charge in [0.05, 0.1) is 17.8 Å². The number of halogens is 1. The number of nitrogens with zero attached hydrogens (tertiary/aromatic N) is 1. The van der Waals surface area contributed by atoms with E-state index in [-0.39, 0.29) is 18.4 Å². The summed E-state index contributed by atoms with van der Waals surface area (Å²) < 4.78 is 5.18. The molecule has 6 heteroatoms. The molecule has 0 heterocycles. The van der Waals surface area contributed by atoms with Gasteiger partial charge in [-0.15, -0.1) is 0 Å². The van der Waals surface area contributed by atoms with Gasteiger partial charge in [-0.3, -0.25) is 9.59 Å². The topological polar surface area (TPSA) is 58.6 Å². The summed E-state index contributed by atoms with van der Waals surface area (Å²) in [4.78, 5) is 25.4. The number of rotatable bonds is 7. The molecule has 0 bridgehead atoms. The Kier molecular flexibility index (Phi) is 6.83. The standard InChI is InChI=1S/C19H21ClN2O3/c1-14(23)22(18-9-4-3-8-17(18)20)13-19(24)21-11-10-15-6-5-7-16(12-15)25-2/h3-9,12H,10-11,13H2,1-2H3,(H,21,24). The Morgan fingerprint density at radius 1 is 1.16 bits per heavy atom. The van der Waals surface area contributed by atoms with Crippen LogP contribution in [-0.2, 0) is 16.0 Å². The Hall–Kier alpha value is -2.53. The fraction of sp³-hybridized carbons (Fsp3) is 0.263. The normalized spacial score (nSPS) is 10.2. The molecule has 0 aliphatic carbocycles. The lowest BCUT2D eigenvalue weighted by molar-refractivity contribution is -0.123. The quantitative estimate of drug-likeness (QED) is 0.825. The van der Waals surface area contributed by atoms with Gasteiger partial charge in [0.2, 0.25) is 11.8 Å². The van der Waals surface area contributed by atoms with Crippen molar-refractivity contribution in [2.24, 2.45) is 0 Å². The van der Waals surface area contributed by atoms with E-state index in [2.05, 4.69) is 5.32 Å². The zero-order valence-corrected chi connectivity index (χ0v) is 15.0. The number of ether oxygens (including phenoxy) is 1. The van der Waals surface area contributed by atoms with Crippen molar-refractivity contribution in [3.63, 3.8) is 0 Å². The second-order valence-electron chi connectivity index (χ2n) is 5.51. The fourth-order valence-corrected chi connectivity index (χ4v) is 2.65. The molecule has 5 nitrogen and oxygen atoms in total. The molecule has 2 aromatic carbocycles. The van der Waals surface area contributed by atoms with E-state index >= 15 is 0 Å². The molecule has 2 aromatic rings. The van der Waals surface area contributed by atoms with Crippen LogP contribution in [0.2, 0.25) is 5.02 Å². The first-order valence-corrected chi connectivity index (χ1v) is 8.31. The number of methoxy groups -OCH3 is 1. The Morgan fingerprint density at radius 3 is 2.60 bits per heavy atom. The van der Waals surface area contributed by atoms with Crippen molar-refractivity contribution < 1.29 is 14.3 Å². The number of hydrogen-bond donors (Lipinski definition) is 1. The second kappa shape index (κ2) is 9.08. The van der Waals surface area contributed by atoms with E-state index < -0.39 is 0 Å². The number of carbonyl (C=O) groups is 2. The highest BCUT2D eigenvalue weighted by atomic mass is 35.5. The van der Waals surface area contributed by atoms with Crippen LogP contribution < -0.4 is 15.0 Å². The second-order valence-corrected chi connectivity index (χ2v) is 5.92. The molecule has 2 amide bonds. The van der Waals surface area contributed by atoms with Gasteiger partial charge in [-0.05, 0) is 36.2 Å². The Bertz CT molecular complexity index is 749. The molecule has 0 aliphatic rings. The maximum atomic E-state index is 12.2. The molecule has 0 unspecified atom stereocenters. The lowest BCUT2D eigenvalue weighted by Crippen LogP contribution is -2.40. The van der Waals surface area contributed by atoms with Crippen molar-refractivity contribution >= 4 is 29.1 Å². The van der Waals surface area contributed by atoms with Gasteiger partial charge in [0, 0.05) is 13.5 Å². The van der Waals surface area contributed by atoms with Crippen LogP contribution in [-0.4, -0.2) is 32.0 Å². The van der Waals surface area contributed by atoms with Gasteiger partial charge in [0.1, 0.15) is 12.3 Å². The molecular weight excluding hydrogens is 340 g/mol. The largest absolute Gasteiger partial charge is 0.497 e. The summed E-state index contributed by atoms with van der Waals surface area (Å²) >= 11 is 6.12. The first-order chi connectivity index (χ1) is 12.0. The lowest BCUT2D eigenvalue weighted by atomic mass is 10.1. The fourth-order valence-electron chi connectivity index (χ4n) is 2.41. The minimum atomic E-state index is -0.240. The molecule has 0 saturated carbocycles. The maximum absolute atomic E-state index is 12.2. The van der Waals surface area contributed by atoms with E-state index in [0.717, 1.165) is 11.3 Å². The van der Waals surface area contributed by atoms with Crippen molar-refractivity contribution in [3.05, 3.63) is 59.1 Å². The SMILES string of the molecule is COc1cccc(CCNC(=O)CN(C(C)=O)c2ccccc2Cl)c1. The number of hydrogen-bond acceptors (Lipinski definition) is 3. The van der Waals surface area contributed by atoms with Gasteiger partial charge in [-0.1, -0.05) is 35.9 Å². The van der Waals surface area contributed by atoms with Gasteiger partial charge < -0.3 is 15.0 Å². The maximum Gasteiger partial charge on any atom is 0.240 e. The number of para-hydroxylation sites is 1. The molecule has 1 N–H and O–H groups in total. The highest BCUT2D eigenvalue weighted by Crippen LogP contribution is 2.25. The van der Waals surface area contributed by atoms with E-state index in [1.807, 2.05) is 24.3 Å². The number of carbonyl (C=O) groups excluding carboxylic acids is 2. The van der Waals surface area contributed by atoms with Gasteiger partial charge in [-0.25, -0.2) is 0 Å². The van der Waals surface area contributed by atoms with Crippen LogP contribution in [0.4, 0.5) is 5.69 Å². The molecule has 0 saturated heterocycles. The van der Waals surface area contributed by atoms with Crippen LogP contribution in [0, 0.1) is 0 Å². The Morgan fingerprint density at radius 2 is 1.92 bits per heavy atom. The minimum absolute atomic E-state index is 0.0722.